The van der Waals surface area contributed by atoms with Crippen molar-refractivity contribution in [2.45, 2.75) is 39.5 Å². The Bertz CT molecular complexity index is 758. The monoisotopic (exact) mass is 383 g/mol. The van der Waals surface area contributed by atoms with Gasteiger partial charge in [-0.15, -0.1) is 0 Å². The van der Waals surface area contributed by atoms with Crippen LogP contribution in [0.15, 0.2) is 54.6 Å². The molecule has 5 nitrogen and oxygen atoms in total. The fraction of sp³-hybridized carbons (Fsp3) is 0.435. The standard InChI is InChI=1S/C23H29NO4/c1-23(2)13-20(16-27-14-19-9-11-21(26-3)12-10-19)24(17-23)22(25)28-15-18-7-5-4-6-8-18/h4-12,20H,13-17H2,1-3H3. The second-order valence-corrected chi connectivity index (χ2v) is 8.05. The molecular weight excluding hydrogens is 354 g/mol. The number of nitrogens with zero attached hydrogens (tertiary/aromatic N) is 1. The highest BCUT2D eigenvalue weighted by Gasteiger charge is 2.40. The van der Waals surface area contributed by atoms with Gasteiger partial charge in [0.2, 0.25) is 0 Å². The number of amides is 1. The summed E-state index contributed by atoms with van der Waals surface area (Å²) >= 11 is 0. The van der Waals surface area contributed by atoms with Gasteiger partial charge in [0.05, 0.1) is 26.4 Å². The molecule has 1 fully saturated rings. The SMILES string of the molecule is COc1ccc(COCC2CC(C)(C)CN2C(=O)OCc2ccccc2)cc1. The van der Waals surface area contributed by atoms with Gasteiger partial charge in [0.1, 0.15) is 12.4 Å². The molecule has 0 bridgehead atoms. The number of carbonyl (C=O) groups is 1. The Morgan fingerprint density at radius 1 is 1.04 bits per heavy atom. The molecule has 28 heavy (non-hydrogen) atoms. The average Bonchev–Trinajstić information content (AvgIpc) is 3.02. The fourth-order valence-corrected chi connectivity index (χ4v) is 3.60. The molecule has 1 atom stereocenters. The number of carbonyl (C=O) groups excluding carboxylic acids is 1. The molecule has 0 N–H and O–H groups in total. The summed E-state index contributed by atoms with van der Waals surface area (Å²) in [7, 11) is 1.65. The van der Waals surface area contributed by atoms with Crippen LogP contribution in [-0.4, -0.2) is 37.3 Å². The predicted octanol–water partition coefficient (Wildman–Crippen LogP) is 4.65. The van der Waals surface area contributed by atoms with Crippen LogP contribution in [0.1, 0.15) is 31.4 Å². The molecule has 5 heteroatoms. The third-order valence-corrected chi connectivity index (χ3v) is 5.01. The van der Waals surface area contributed by atoms with E-state index in [1.54, 1.807) is 7.11 Å². The molecule has 3 rings (SSSR count). The second-order valence-electron chi connectivity index (χ2n) is 8.05. The molecule has 1 aliphatic rings. The van der Waals surface area contributed by atoms with E-state index >= 15 is 0 Å². The lowest BCUT2D eigenvalue weighted by Crippen LogP contribution is -2.39. The van der Waals surface area contributed by atoms with Crippen LogP contribution in [0.25, 0.3) is 0 Å². The quantitative estimate of drug-likeness (QED) is 0.698. The Kier molecular flexibility index (Phi) is 6.57. The molecule has 0 aromatic heterocycles. The van der Waals surface area contributed by atoms with Gasteiger partial charge >= 0.3 is 6.09 Å². The number of rotatable bonds is 7. The van der Waals surface area contributed by atoms with Crippen LogP contribution in [-0.2, 0) is 22.7 Å². The maximum atomic E-state index is 12.7. The topological polar surface area (TPSA) is 48.0 Å². The van der Waals surface area contributed by atoms with Crippen LogP contribution >= 0.6 is 0 Å². The molecule has 1 unspecified atom stereocenters. The molecule has 2 aromatic rings. The Balaban J connectivity index is 1.52. The van der Waals surface area contributed by atoms with Crippen molar-refractivity contribution in [1.82, 2.24) is 4.90 Å². The third-order valence-electron chi connectivity index (χ3n) is 5.01. The summed E-state index contributed by atoms with van der Waals surface area (Å²) in [6.45, 7) is 6.32. The molecular formula is C23H29NO4. The summed E-state index contributed by atoms with van der Waals surface area (Å²) in [5.41, 5.74) is 2.12. The summed E-state index contributed by atoms with van der Waals surface area (Å²) in [5.74, 6) is 0.827. The molecule has 0 radical (unpaired) electrons. The van der Waals surface area contributed by atoms with E-state index in [1.807, 2.05) is 59.5 Å². The van der Waals surface area contributed by atoms with Gasteiger partial charge in [0.15, 0.2) is 0 Å². The summed E-state index contributed by atoms with van der Waals surface area (Å²) in [5, 5.41) is 0. The fourth-order valence-electron chi connectivity index (χ4n) is 3.60. The molecule has 0 saturated carbocycles. The highest BCUT2D eigenvalue weighted by atomic mass is 16.6. The zero-order valence-corrected chi connectivity index (χ0v) is 16.9. The van der Waals surface area contributed by atoms with Crippen molar-refractivity contribution in [3.05, 3.63) is 65.7 Å². The smallest absolute Gasteiger partial charge is 0.410 e. The molecule has 150 valence electrons. The van der Waals surface area contributed by atoms with Crippen molar-refractivity contribution in [3.63, 3.8) is 0 Å². The van der Waals surface area contributed by atoms with Gasteiger partial charge < -0.3 is 19.1 Å². The van der Waals surface area contributed by atoms with Gasteiger partial charge in [-0.3, -0.25) is 0 Å². The van der Waals surface area contributed by atoms with Crippen molar-refractivity contribution in [2.75, 3.05) is 20.3 Å². The van der Waals surface area contributed by atoms with Gasteiger partial charge in [-0.05, 0) is 35.1 Å². The van der Waals surface area contributed by atoms with Gasteiger partial charge in [0, 0.05) is 6.54 Å². The van der Waals surface area contributed by atoms with E-state index in [-0.39, 0.29) is 24.2 Å². The minimum absolute atomic E-state index is 0.0246. The van der Waals surface area contributed by atoms with Crippen molar-refractivity contribution >= 4 is 6.09 Å². The Morgan fingerprint density at radius 2 is 1.71 bits per heavy atom. The molecule has 1 saturated heterocycles. The van der Waals surface area contributed by atoms with Gasteiger partial charge in [-0.1, -0.05) is 56.3 Å². The minimum atomic E-state index is -0.271. The van der Waals surface area contributed by atoms with E-state index in [0.717, 1.165) is 23.3 Å². The Labute approximate surface area is 167 Å². The van der Waals surface area contributed by atoms with E-state index in [2.05, 4.69) is 13.8 Å². The zero-order valence-electron chi connectivity index (χ0n) is 16.9. The zero-order chi connectivity index (χ0) is 20.0. The number of hydrogen-bond donors (Lipinski definition) is 0. The molecule has 1 aliphatic heterocycles. The maximum Gasteiger partial charge on any atom is 0.410 e. The number of likely N-dealkylation sites (tertiary alicyclic amines) is 1. The van der Waals surface area contributed by atoms with Crippen LogP contribution in [0.3, 0.4) is 0 Å². The van der Waals surface area contributed by atoms with E-state index in [4.69, 9.17) is 14.2 Å². The van der Waals surface area contributed by atoms with Crippen molar-refractivity contribution in [3.8, 4) is 5.75 Å². The molecule has 1 heterocycles. The molecule has 2 aromatic carbocycles. The van der Waals surface area contributed by atoms with Crippen LogP contribution in [0, 0.1) is 5.41 Å². The number of benzene rings is 2. The lowest BCUT2D eigenvalue weighted by atomic mass is 9.91. The molecule has 0 aliphatic carbocycles. The van der Waals surface area contributed by atoms with E-state index in [1.165, 1.54) is 0 Å². The first-order chi connectivity index (χ1) is 13.5. The van der Waals surface area contributed by atoms with Crippen LogP contribution in [0.2, 0.25) is 0 Å². The largest absolute Gasteiger partial charge is 0.497 e. The highest BCUT2D eigenvalue weighted by Crippen LogP contribution is 2.34. The summed E-state index contributed by atoms with van der Waals surface area (Å²) < 4.78 is 16.6. The van der Waals surface area contributed by atoms with Crippen molar-refractivity contribution in [2.24, 2.45) is 5.41 Å². The number of hydrogen-bond acceptors (Lipinski definition) is 4. The average molecular weight is 383 g/mol. The predicted molar refractivity (Wildman–Crippen MR) is 108 cm³/mol. The Morgan fingerprint density at radius 3 is 2.39 bits per heavy atom. The Hall–Kier alpha value is -2.53. The summed E-state index contributed by atoms with van der Waals surface area (Å²) in [6.07, 6.45) is 0.628. The minimum Gasteiger partial charge on any atom is -0.497 e. The number of ether oxygens (including phenoxy) is 3. The van der Waals surface area contributed by atoms with Crippen molar-refractivity contribution in [1.29, 1.82) is 0 Å². The van der Waals surface area contributed by atoms with E-state index in [0.29, 0.717) is 19.8 Å². The number of methoxy groups -OCH3 is 1. The first-order valence-electron chi connectivity index (χ1n) is 9.65. The van der Waals surface area contributed by atoms with E-state index < -0.39 is 0 Å². The van der Waals surface area contributed by atoms with Crippen LogP contribution < -0.4 is 4.74 Å². The van der Waals surface area contributed by atoms with E-state index in [9.17, 15) is 4.79 Å². The van der Waals surface area contributed by atoms with Crippen LogP contribution in [0.4, 0.5) is 4.79 Å². The first-order valence-corrected chi connectivity index (χ1v) is 9.65. The lowest BCUT2D eigenvalue weighted by molar-refractivity contribution is 0.0492. The summed E-state index contributed by atoms with van der Waals surface area (Å²) in [4.78, 5) is 14.5. The maximum absolute atomic E-state index is 12.7. The first kappa shape index (κ1) is 20.2. The van der Waals surface area contributed by atoms with Gasteiger partial charge in [-0.2, -0.15) is 0 Å². The molecule has 0 spiro atoms. The van der Waals surface area contributed by atoms with Crippen molar-refractivity contribution < 1.29 is 19.0 Å². The summed E-state index contributed by atoms with van der Waals surface area (Å²) in [6, 6.07) is 17.6. The van der Waals surface area contributed by atoms with Gasteiger partial charge in [0.25, 0.3) is 0 Å². The molecule has 1 amide bonds. The second kappa shape index (κ2) is 9.11. The highest BCUT2D eigenvalue weighted by molar-refractivity contribution is 5.68. The normalized spacial score (nSPS) is 18.1. The van der Waals surface area contributed by atoms with Crippen LogP contribution in [0.5, 0.6) is 5.75 Å². The third kappa shape index (κ3) is 5.49. The lowest BCUT2D eigenvalue weighted by Gasteiger charge is -2.24. The van der Waals surface area contributed by atoms with Gasteiger partial charge in [-0.25, -0.2) is 4.79 Å².